The van der Waals surface area contributed by atoms with Crippen LogP contribution in [0.2, 0.25) is 0 Å². The van der Waals surface area contributed by atoms with Gasteiger partial charge in [0, 0.05) is 5.92 Å². The van der Waals surface area contributed by atoms with Crippen LogP contribution >= 0.6 is 11.3 Å². The summed E-state index contributed by atoms with van der Waals surface area (Å²) in [6.07, 6.45) is 5.53. The predicted molar refractivity (Wildman–Crippen MR) is 68.8 cm³/mol. The smallest absolute Gasteiger partial charge is 0.347 e. The molecule has 0 spiro atoms. The highest BCUT2D eigenvalue weighted by Crippen LogP contribution is 2.38. The van der Waals surface area contributed by atoms with E-state index < -0.39 is 5.97 Å². The molecule has 94 valence electrons. The Morgan fingerprint density at radius 2 is 2.06 bits per heavy atom. The second kappa shape index (κ2) is 5.17. The van der Waals surface area contributed by atoms with E-state index in [2.05, 4.69) is 11.9 Å². The fraction of sp³-hybridized carbons (Fsp3) is 0.692. The number of hydrogen-bond acceptors (Lipinski definition) is 3. The molecule has 0 aliphatic heterocycles. The molecular formula is C13H19NO2S. The largest absolute Gasteiger partial charge is 0.477 e. The van der Waals surface area contributed by atoms with Gasteiger partial charge in [0.05, 0.1) is 10.7 Å². The van der Waals surface area contributed by atoms with Gasteiger partial charge in [0.2, 0.25) is 0 Å². The molecule has 1 N–H and O–H groups in total. The molecule has 1 saturated carbocycles. The van der Waals surface area contributed by atoms with Gasteiger partial charge >= 0.3 is 5.97 Å². The first-order chi connectivity index (χ1) is 8.11. The first kappa shape index (κ1) is 12.6. The van der Waals surface area contributed by atoms with Crippen molar-refractivity contribution in [3.8, 4) is 0 Å². The van der Waals surface area contributed by atoms with Gasteiger partial charge in [0.1, 0.15) is 4.88 Å². The summed E-state index contributed by atoms with van der Waals surface area (Å²) in [5, 5.41) is 10.2. The van der Waals surface area contributed by atoms with Crippen molar-refractivity contribution in [1.82, 2.24) is 4.98 Å². The number of aryl methyl sites for hydroxylation is 1. The van der Waals surface area contributed by atoms with Crippen molar-refractivity contribution in [3.05, 3.63) is 15.6 Å². The molecule has 1 aliphatic rings. The van der Waals surface area contributed by atoms with Gasteiger partial charge in [0.25, 0.3) is 0 Å². The molecule has 0 bridgehead atoms. The predicted octanol–water partition coefficient (Wildman–Crippen LogP) is 3.70. The monoisotopic (exact) mass is 253 g/mol. The van der Waals surface area contributed by atoms with Crippen molar-refractivity contribution >= 4 is 17.3 Å². The fourth-order valence-electron chi connectivity index (χ4n) is 2.46. The Labute approximate surface area is 106 Å². The van der Waals surface area contributed by atoms with Crippen molar-refractivity contribution in [2.24, 2.45) is 5.92 Å². The fourth-order valence-corrected chi connectivity index (χ4v) is 3.62. The van der Waals surface area contributed by atoms with Crippen LogP contribution in [-0.4, -0.2) is 16.1 Å². The molecule has 0 atom stereocenters. The summed E-state index contributed by atoms with van der Waals surface area (Å²) in [5.41, 5.74) is 0.760. The van der Waals surface area contributed by atoms with Crippen LogP contribution in [-0.2, 0) is 6.42 Å². The molecule has 1 aromatic heterocycles. The minimum Gasteiger partial charge on any atom is -0.477 e. The second-order valence-corrected chi connectivity index (χ2v) is 5.97. The zero-order valence-corrected chi connectivity index (χ0v) is 11.2. The number of aromatic carboxylic acids is 1. The minimum atomic E-state index is -0.824. The van der Waals surface area contributed by atoms with Crippen molar-refractivity contribution in [3.63, 3.8) is 0 Å². The van der Waals surface area contributed by atoms with Crippen LogP contribution in [0.25, 0.3) is 0 Å². The number of nitrogens with zero attached hydrogens (tertiary/aromatic N) is 1. The van der Waals surface area contributed by atoms with Crippen molar-refractivity contribution in [2.75, 3.05) is 0 Å². The third kappa shape index (κ3) is 2.68. The average molecular weight is 253 g/mol. The summed E-state index contributed by atoms with van der Waals surface area (Å²) in [7, 11) is 0. The van der Waals surface area contributed by atoms with Crippen molar-refractivity contribution in [1.29, 1.82) is 0 Å². The Balaban J connectivity index is 2.19. The molecule has 0 unspecified atom stereocenters. The SMILES string of the molecule is CCc1nc(C2CCC(C)CC2)sc1C(=O)O. The minimum absolute atomic E-state index is 0.445. The molecule has 1 fully saturated rings. The van der Waals surface area contributed by atoms with E-state index in [0.29, 0.717) is 17.2 Å². The maximum absolute atomic E-state index is 11.1. The normalized spacial score (nSPS) is 24.8. The maximum atomic E-state index is 11.1. The van der Waals surface area contributed by atoms with Gasteiger partial charge in [0.15, 0.2) is 0 Å². The average Bonchev–Trinajstić information content (AvgIpc) is 2.74. The van der Waals surface area contributed by atoms with E-state index in [-0.39, 0.29) is 0 Å². The molecular weight excluding hydrogens is 234 g/mol. The standard InChI is InChI=1S/C13H19NO2S/c1-3-10-11(13(15)16)17-12(14-10)9-6-4-8(2)5-7-9/h8-9H,3-7H2,1-2H3,(H,15,16). The molecule has 2 rings (SSSR count). The van der Waals surface area contributed by atoms with Crippen LogP contribution in [0.15, 0.2) is 0 Å². The topological polar surface area (TPSA) is 50.2 Å². The molecule has 1 aliphatic carbocycles. The van der Waals surface area contributed by atoms with Gasteiger partial charge in [-0.3, -0.25) is 0 Å². The highest BCUT2D eigenvalue weighted by Gasteiger charge is 2.25. The number of hydrogen-bond donors (Lipinski definition) is 1. The quantitative estimate of drug-likeness (QED) is 0.893. The van der Waals surface area contributed by atoms with Crippen LogP contribution in [0.1, 0.15) is 65.8 Å². The molecule has 1 aromatic rings. The summed E-state index contributed by atoms with van der Waals surface area (Å²) in [6.45, 7) is 4.26. The molecule has 0 amide bonds. The Bertz CT molecular complexity index is 406. The van der Waals surface area contributed by atoms with Gasteiger partial charge in [-0.1, -0.05) is 26.7 Å². The highest BCUT2D eigenvalue weighted by atomic mass is 32.1. The molecule has 0 aromatic carbocycles. The van der Waals surface area contributed by atoms with Crippen LogP contribution < -0.4 is 0 Å². The number of carboxylic acids is 1. The first-order valence-corrected chi connectivity index (χ1v) is 7.16. The lowest BCUT2D eigenvalue weighted by Gasteiger charge is -2.24. The third-order valence-corrected chi connectivity index (χ3v) is 4.86. The van der Waals surface area contributed by atoms with E-state index in [4.69, 9.17) is 5.11 Å². The van der Waals surface area contributed by atoms with Gasteiger partial charge in [-0.05, 0) is 25.2 Å². The Morgan fingerprint density at radius 3 is 2.53 bits per heavy atom. The molecule has 17 heavy (non-hydrogen) atoms. The Hall–Kier alpha value is -0.900. The second-order valence-electron chi connectivity index (χ2n) is 4.94. The zero-order valence-electron chi connectivity index (χ0n) is 10.4. The van der Waals surface area contributed by atoms with Gasteiger partial charge in [-0.2, -0.15) is 0 Å². The number of aromatic nitrogens is 1. The van der Waals surface area contributed by atoms with Crippen LogP contribution in [0, 0.1) is 5.92 Å². The Kier molecular flexibility index (Phi) is 3.82. The summed E-state index contributed by atoms with van der Waals surface area (Å²) in [5.74, 6) is 0.486. The summed E-state index contributed by atoms with van der Waals surface area (Å²) in [4.78, 5) is 16.1. The number of carbonyl (C=O) groups is 1. The van der Waals surface area contributed by atoms with Crippen molar-refractivity contribution in [2.45, 2.75) is 51.9 Å². The molecule has 0 radical (unpaired) electrons. The lowest BCUT2D eigenvalue weighted by atomic mass is 9.83. The van der Waals surface area contributed by atoms with Crippen molar-refractivity contribution < 1.29 is 9.90 Å². The van der Waals surface area contributed by atoms with Crippen LogP contribution in [0.3, 0.4) is 0 Å². The first-order valence-electron chi connectivity index (χ1n) is 6.34. The van der Waals surface area contributed by atoms with Crippen LogP contribution in [0.4, 0.5) is 0 Å². The Morgan fingerprint density at radius 1 is 1.41 bits per heavy atom. The van der Waals surface area contributed by atoms with Gasteiger partial charge in [-0.15, -0.1) is 11.3 Å². The van der Waals surface area contributed by atoms with E-state index in [1.54, 1.807) is 0 Å². The van der Waals surface area contributed by atoms with E-state index in [0.717, 1.165) is 29.5 Å². The van der Waals surface area contributed by atoms with E-state index in [9.17, 15) is 4.79 Å². The molecule has 0 saturated heterocycles. The zero-order chi connectivity index (χ0) is 12.4. The summed E-state index contributed by atoms with van der Waals surface area (Å²) in [6, 6.07) is 0. The van der Waals surface area contributed by atoms with Gasteiger partial charge in [-0.25, -0.2) is 9.78 Å². The lowest BCUT2D eigenvalue weighted by molar-refractivity contribution is 0.0701. The number of rotatable bonds is 3. The van der Waals surface area contributed by atoms with E-state index in [1.165, 1.54) is 24.2 Å². The summed E-state index contributed by atoms with van der Waals surface area (Å²) >= 11 is 1.39. The third-order valence-electron chi connectivity index (χ3n) is 3.61. The van der Waals surface area contributed by atoms with E-state index in [1.807, 2.05) is 6.92 Å². The maximum Gasteiger partial charge on any atom is 0.347 e. The highest BCUT2D eigenvalue weighted by molar-refractivity contribution is 7.13. The summed E-state index contributed by atoms with van der Waals surface area (Å²) < 4.78 is 0. The lowest BCUT2D eigenvalue weighted by Crippen LogP contribution is -2.10. The number of thiazole rings is 1. The van der Waals surface area contributed by atoms with Gasteiger partial charge < -0.3 is 5.11 Å². The van der Waals surface area contributed by atoms with E-state index >= 15 is 0 Å². The van der Waals surface area contributed by atoms with Crippen LogP contribution in [0.5, 0.6) is 0 Å². The molecule has 4 heteroatoms. The molecule has 3 nitrogen and oxygen atoms in total. The molecule has 1 heterocycles. The number of carboxylic acid groups (broad SMARTS) is 1.